The topological polar surface area (TPSA) is 20.2 Å². The van der Waals surface area contributed by atoms with Crippen LogP contribution in [-0.2, 0) is 12.6 Å². The number of hydrogen-bond acceptors (Lipinski definition) is 1. The quantitative estimate of drug-likeness (QED) is 0.872. The van der Waals surface area contributed by atoms with Gasteiger partial charge in [-0.05, 0) is 29.5 Å². The van der Waals surface area contributed by atoms with Crippen LogP contribution in [0.25, 0.3) is 0 Å². The van der Waals surface area contributed by atoms with Gasteiger partial charge in [-0.25, -0.2) is 0 Å². The monoisotopic (exact) mass is 294 g/mol. The highest BCUT2D eigenvalue weighted by atomic mass is 19.4. The fourth-order valence-corrected chi connectivity index (χ4v) is 2.34. The van der Waals surface area contributed by atoms with E-state index < -0.39 is 17.8 Å². The molecule has 1 nitrogen and oxygen atoms in total. The fraction of sp³-hybridized carbons (Fsp3) is 0.294. The minimum absolute atomic E-state index is 0.170. The van der Waals surface area contributed by atoms with Crippen LogP contribution in [-0.4, -0.2) is 5.11 Å². The van der Waals surface area contributed by atoms with Gasteiger partial charge in [0.2, 0.25) is 0 Å². The molecule has 0 fully saturated rings. The van der Waals surface area contributed by atoms with E-state index in [4.69, 9.17) is 0 Å². The van der Waals surface area contributed by atoms with Crippen LogP contribution < -0.4 is 0 Å². The van der Waals surface area contributed by atoms with Gasteiger partial charge in [-0.3, -0.25) is 0 Å². The van der Waals surface area contributed by atoms with Crippen LogP contribution in [0.4, 0.5) is 13.2 Å². The van der Waals surface area contributed by atoms with Gasteiger partial charge in [-0.15, -0.1) is 0 Å². The molecular formula is C17H17F3O. The Kier molecular flexibility index (Phi) is 4.68. The van der Waals surface area contributed by atoms with Crippen molar-refractivity contribution < 1.29 is 18.3 Å². The van der Waals surface area contributed by atoms with Crippen molar-refractivity contribution in [3.05, 3.63) is 71.3 Å². The maximum atomic E-state index is 12.7. The van der Waals surface area contributed by atoms with E-state index in [1.807, 2.05) is 37.3 Å². The van der Waals surface area contributed by atoms with Crippen LogP contribution in [0.5, 0.6) is 0 Å². The molecule has 2 atom stereocenters. The summed E-state index contributed by atoms with van der Waals surface area (Å²) in [5.41, 5.74) is 0.700. The number of hydrogen-bond donors (Lipinski definition) is 1. The number of aliphatic hydroxyl groups excluding tert-OH is 1. The Morgan fingerprint density at radius 2 is 1.67 bits per heavy atom. The Labute approximate surface area is 122 Å². The second-order valence-electron chi connectivity index (χ2n) is 5.24. The average Bonchev–Trinajstić information content (AvgIpc) is 2.47. The number of halogens is 3. The molecule has 2 aromatic rings. The summed E-state index contributed by atoms with van der Waals surface area (Å²) in [6, 6.07) is 14.4. The summed E-state index contributed by atoms with van der Waals surface area (Å²) >= 11 is 0. The van der Waals surface area contributed by atoms with E-state index >= 15 is 0 Å². The van der Waals surface area contributed by atoms with E-state index in [1.54, 1.807) is 6.07 Å². The Bertz CT molecular complexity index is 578. The van der Waals surface area contributed by atoms with Gasteiger partial charge in [-0.2, -0.15) is 13.2 Å². The first kappa shape index (κ1) is 15.6. The fourth-order valence-electron chi connectivity index (χ4n) is 2.34. The van der Waals surface area contributed by atoms with Crippen molar-refractivity contribution in [1.29, 1.82) is 0 Å². The van der Waals surface area contributed by atoms with Gasteiger partial charge < -0.3 is 5.11 Å². The maximum Gasteiger partial charge on any atom is 0.416 e. The van der Waals surface area contributed by atoms with E-state index in [-0.39, 0.29) is 5.92 Å². The highest BCUT2D eigenvalue weighted by molar-refractivity contribution is 5.26. The Hall–Kier alpha value is -1.81. The van der Waals surface area contributed by atoms with E-state index in [9.17, 15) is 18.3 Å². The second kappa shape index (κ2) is 6.31. The van der Waals surface area contributed by atoms with E-state index in [2.05, 4.69) is 0 Å². The van der Waals surface area contributed by atoms with Gasteiger partial charge >= 0.3 is 6.18 Å². The summed E-state index contributed by atoms with van der Waals surface area (Å²) in [4.78, 5) is 0. The molecule has 0 aliphatic heterocycles. The van der Waals surface area contributed by atoms with Crippen LogP contribution >= 0.6 is 0 Å². The number of alkyl halides is 3. The Morgan fingerprint density at radius 1 is 1.00 bits per heavy atom. The third-order valence-electron chi connectivity index (χ3n) is 3.49. The summed E-state index contributed by atoms with van der Waals surface area (Å²) in [5.74, 6) is -0.170. The molecule has 0 bridgehead atoms. The first-order valence-electron chi connectivity index (χ1n) is 6.77. The molecule has 2 unspecified atom stereocenters. The molecule has 1 N–H and O–H groups in total. The standard InChI is InChI=1S/C17H17F3O/c1-12(16(21)14-7-3-2-4-8-14)10-13-6-5-9-15(11-13)17(18,19)20/h2-9,11-12,16,21H,10H2,1H3. The molecular weight excluding hydrogens is 277 g/mol. The first-order chi connectivity index (χ1) is 9.88. The van der Waals surface area contributed by atoms with Crippen molar-refractivity contribution in [2.45, 2.75) is 25.6 Å². The zero-order valence-electron chi connectivity index (χ0n) is 11.6. The van der Waals surface area contributed by atoms with Crippen LogP contribution in [0.1, 0.15) is 29.7 Å². The minimum atomic E-state index is -4.34. The molecule has 2 aromatic carbocycles. The van der Waals surface area contributed by atoms with Crippen molar-refractivity contribution in [1.82, 2.24) is 0 Å². The third kappa shape index (κ3) is 4.08. The molecule has 0 heterocycles. The van der Waals surface area contributed by atoms with E-state index in [0.29, 0.717) is 12.0 Å². The van der Waals surface area contributed by atoms with Crippen LogP contribution in [0, 0.1) is 5.92 Å². The predicted molar refractivity (Wildman–Crippen MR) is 75.7 cm³/mol. The largest absolute Gasteiger partial charge is 0.416 e. The molecule has 0 aliphatic rings. The summed E-state index contributed by atoms with van der Waals surface area (Å²) in [6.07, 6.45) is -4.64. The molecule has 2 rings (SSSR count). The lowest BCUT2D eigenvalue weighted by atomic mass is 9.91. The normalized spacial score (nSPS) is 14.7. The van der Waals surface area contributed by atoms with Crippen molar-refractivity contribution in [2.75, 3.05) is 0 Å². The smallest absolute Gasteiger partial charge is 0.388 e. The minimum Gasteiger partial charge on any atom is -0.388 e. The lowest BCUT2D eigenvalue weighted by molar-refractivity contribution is -0.137. The van der Waals surface area contributed by atoms with Crippen molar-refractivity contribution >= 4 is 0 Å². The van der Waals surface area contributed by atoms with Crippen molar-refractivity contribution in [3.8, 4) is 0 Å². The molecule has 0 amide bonds. The highest BCUT2D eigenvalue weighted by Gasteiger charge is 2.30. The Balaban J connectivity index is 2.11. The summed E-state index contributed by atoms with van der Waals surface area (Å²) in [7, 11) is 0. The molecule has 0 aromatic heterocycles. The van der Waals surface area contributed by atoms with Gasteiger partial charge in [0.05, 0.1) is 11.7 Å². The van der Waals surface area contributed by atoms with Crippen LogP contribution in [0.3, 0.4) is 0 Å². The molecule has 0 spiro atoms. The van der Waals surface area contributed by atoms with Gasteiger partial charge in [0.1, 0.15) is 0 Å². The van der Waals surface area contributed by atoms with Gasteiger partial charge in [0.25, 0.3) is 0 Å². The zero-order valence-corrected chi connectivity index (χ0v) is 11.6. The summed E-state index contributed by atoms with van der Waals surface area (Å²) in [6.45, 7) is 1.83. The Morgan fingerprint density at radius 3 is 2.29 bits per heavy atom. The van der Waals surface area contributed by atoms with Crippen molar-refractivity contribution in [2.24, 2.45) is 5.92 Å². The summed E-state index contributed by atoms with van der Waals surface area (Å²) < 4.78 is 38.0. The molecule has 0 saturated heterocycles. The average molecular weight is 294 g/mol. The second-order valence-corrected chi connectivity index (χ2v) is 5.24. The maximum absolute atomic E-state index is 12.7. The SMILES string of the molecule is CC(Cc1cccc(C(F)(F)F)c1)C(O)c1ccccc1. The zero-order chi connectivity index (χ0) is 15.5. The van der Waals surface area contributed by atoms with Gasteiger partial charge in [0, 0.05) is 0 Å². The first-order valence-corrected chi connectivity index (χ1v) is 6.77. The molecule has 112 valence electrons. The molecule has 0 aliphatic carbocycles. The van der Waals surface area contributed by atoms with E-state index in [1.165, 1.54) is 6.07 Å². The van der Waals surface area contributed by atoms with Crippen molar-refractivity contribution in [3.63, 3.8) is 0 Å². The lowest BCUT2D eigenvalue weighted by Gasteiger charge is -2.19. The van der Waals surface area contributed by atoms with Gasteiger partial charge in [0.15, 0.2) is 0 Å². The number of benzene rings is 2. The highest BCUT2D eigenvalue weighted by Crippen LogP contribution is 2.31. The van der Waals surface area contributed by atoms with Gasteiger partial charge in [-0.1, -0.05) is 55.5 Å². The lowest BCUT2D eigenvalue weighted by Crippen LogP contribution is -2.13. The molecule has 0 saturated carbocycles. The summed E-state index contributed by atoms with van der Waals surface area (Å²) in [5, 5.41) is 10.3. The number of rotatable bonds is 4. The van der Waals surface area contributed by atoms with Crippen LogP contribution in [0.15, 0.2) is 54.6 Å². The third-order valence-corrected chi connectivity index (χ3v) is 3.49. The molecule has 0 radical (unpaired) electrons. The molecule has 4 heteroatoms. The molecule has 21 heavy (non-hydrogen) atoms. The van der Waals surface area contributed by atoms with Crippen LogP contribution in [0.2, 0.25) is 0 Å². The number of aliphatic hydroxyl groups is 1. The predicted octanol–water partition coefficient (Wildman–Crippen LogP) is 4.62. The van der Waals surface area contributed by atoms with E-state index in [0.717, 1.165) is 17.7 Å².